The Balaban J connectivity index is 2.03. The number of hydrogen-bond acceptors (Lipinski definition) is 8. The molecule has 2 fully saturated rings. The Hall–Kier alpha value is 0.0399. The molecule has 27 heavy (non-hydrogen) atoms. The summed E-state index contributed by atoms with van der Waals surface area (Å²) in [5.41, 5.74) is 0. The van der Waals surface area contributed by atoms with Gasteiger partial charge in [-0.2, -0.15) is 0 Å². The van der Waals surface area contributed by atoms with Gasteiger partial charge in [0.05, 0.1) is 55.1 Å². The smallest absolute Gasteiger partial charge is 0.380 e. The molecule has 2 heterocycles. The molecule has 9 nitrogen and oxygen atoms in total. The van der Waals surface area contributed by atoms with E-state index in [0.717, 1.165) is 6.42 Å². The van der Waals surface area contributed by atoms with Crippen molar-refractivity contribution in [2.45, 2.75) is 61.9 Å². The van der Waals surface area contributed by atoms with Gasteiger partial charge in [-0.05, 0) is 13.5 Å². The maximum Gasteiger partial charge on any atom is 0.405 e. The first kappa shape index (κ1) is 23.3. The lowest BCUT2D eigenvalue weighted by molar-refractivity contribution is 0.0218. The molecule has 9 atom stereocenters. The minimum absolute atomic E-state index is 0.0692. The number of ether oxygens (including phenoxy) is 4. The predicted octanol–water partition coefficient (Wildman–Crippen LogP) is -1.54. The van der Waals surface area contributed by atoms with Crippen molar-refractivity contribution in [1.82, 2.24) is 10.4 Å². The summed E-state index contributed by atoms with van der Waals surface area (Å²) in [7, 11) is 6.78. The Kier molecular flexibility index (Phi) is 8.80. The number of rotatable bonds is 10. The number of hydrogen-bond donors (Lipinski definition) is 2. The van der Waals surface area contributed by atoms with Gasteiger partial charge in [-0.1, -0.05) is 6.92 Å². The van der Waals surface area contributed by atoms with Crippen LogP contribution < -0.4 is 10.4 Å². The molecule has 2 aliphatic heterocycles. The third-order valence-corrected chi connectivity index (χ3v) is 7.03. The van der Waals surface area contributed by atoms with Crippen molar-refractivity contribution in [1.29, 1.82) is 0 Å². The SMILES string of the molecule is B[C@@H]1O[C@H](COP(=O)(NC2C(OC)[C@H](B)O[C@@H]2CC)OC)C(NC)C1OC. The highest BCUT2D eigenvalue weighted by molar-refractivity contribution is 7.51. The predicted molar refractivity (Wildman–Crippen MR) is 107 cm³/mol. The molecule has 2 N–H and O–H groups in total. The lowest BCUT2D eigenvalue weighted by Gasteiger charge is -2.28. The van der Waals surface area contributed by atoms with Gasteiger partial charge in [-0.3, -0.25) is 4.52 Å². The van der Waals surface area contributed by atoms with Crippen molar-refractivity contribution in [2.75, 3.05) is 35.0 Å². The third-order valence-electron chi connectivity index (χ3n) is 5.45. The summed E-state index contributed by atoms with van der Waals surface area (Å²) in [6.45, 7) is 2.12. The van der Waals surface area contributed by atoms with Gasteiger partial charge >= 0.3 is 7.75 Å². The highest BCUT2D eigenvalue weighted by Gasteiger charge is 2.47. The molecule has 0 amide bonds. The van der Waals surface area contributed by atoms with E-state index < -0.39 is 7.75 Å². The second kappa shape index (κ2) is 10.2. The zero-order valence-corrected chi connectivity index (χ0v) is 18.2. The van der Waals surface area contributed by atoms with Crippen LogP contribution in [-0.2, 0) is 32.6 Å². The van der Waals surface area contributed by atoms with Crippen molar-refractivity contribution in [2.24, 2.45) is 0 Å². The fraction of sp³-hybridized carbons (Fsp3) is 1.00. The standard InChI is InChI=1S/C15H33B2N2O7P/c1-6-8-11(13(22-4)15(17)25-8)19-27(20,23-5)24-7-9-10(18-2)12(21-3)14(16)26-9/h8-15,18H,6-7,16-17H2,1-5H3,(H,19,20)/t8-,9-,10?,11?,12?,13?,14-,15-,27?/m1/s1. The topological polar surface area (TPSA) is 96.5 Å². The van der Waals surface area contributed by atoms with Crippen LogP contribution in [0.1, 0.15) is 13.3 Å². The van der Waals surface area contributed by atoms with Gasteiger partial charge in [0.25, 0.3) is 0 Å². The van der Waals surface area contributed by atoms with Gasteiger partial charge in [-0.25, -0.2) is 9.65 Å². The molecule has 0 aromatic heterocycles. The van der Waals surface area contributed by atoms with E-state index in [0.29, 0.717) is 0 Å². The van der Waals surface area contributed by atoms with Gasteiger partial charge < -0.3 is 28.8 Å². The summed E-state index contributed by atoms with van der Waals surface area (Å²) < 4.78 is 47.0. The summed E-state index contributed by atoms with van der Waals surface area (Å²) >= 11 is 0. The summed E-state index contributed by atoms with van der Waals surface area (Å²) in [4.78, 5) is 0. The van der Waals surface area contributed by atoms with Gasteiger partial charge in [0.15, 0.2) is 0 Å². The first-order chi connectivity index (χ1) is 12.8. The van der Waals surface area contributed by atoms with Gasteiger partial charge in [0, 0.05) is 21.3 Å². The molecule has 0 aliphatic carbocycles. The Labute approximate surface area is 163 Å². The van der Waals surface area contributed by atoms with E-state index in [1.807, 2.05) is 29.7 Å². The van der Waals surface area contributed by atoms with E-state index in [1.165, 1.54) is 7.11 Å². The summed E-state index contributed by atoms with van der Waals surface area (Å²) in [5, 5.41) is 6.21. The Morgan fingerprint density at radius 3 is 2.04 bits per heavy atom. The van der Waals surface area contributed by atoms with E-state index in [-0.39, 0.29) is 55.1 Å². The van der Waals surface area contributed by atoms with Crippen LogP contribution in [0.4, 0.5) is 0 Å². The third kappa shape index (κ3) is 5.15. The van der Waals surface area contributed by atoms with E-state index in [2.05, 4.69) is 10.4 Å². The summed E-state index contributed by atoms with van der Waals surface area (Å²) in [6.07, 6.45) is -0.0360. The largest absolute Gasteiger partial charge is 0.405 e. The molecular formula is C15H33B2N2O7P. The second-order valence-electron chi connectivity index (χ2n) is 7.01. The van der Waals surface area contributed by atoms with Crippen LogP contribution in [0.3, 0.4) is 0 Å². The van der Waals surface area contributed by atoms with Crippen LogP contribution in [0.2, 0.25) is 0 Å². The average molecular weight is 406 g/mol. The zero-order chi connectivity index (χ0) is 20.2. The zero-order valence-electron chi connectivity index (χ0n) is 17.3. The monoisotopic (exact) mass is 406 g/mol. The van der Waals surface area contributed by atoms with Crippen molar-refractivity contribution < 1.29 is 32.6 Å². The van der Waals surface area contributed by atoms with Gasteiger partial charge in [0.1, 0.15) is 15.7 Å². The first-order valence-corrected chi connectivity index (χ1v) is 11.0. The second-order valence-corrected chi connectivity index (χ2v) is 8.89. The lowest BCUT2D eigenvalue weighted by atomic mass is 9.92. The van der Waals surface area contributed by atoms with Crippen molar-refractivity contribution in [3.8, 4) is 0 Å². The Bertz CT molecular complexity index is 521. The average Bonchev–Trinajstić information content (AvgIpc) is 3.14. The molecule has 5 unspecified atom stereocenters. The van der Waals surface area contributed by atoms with E-state index in [1.54, 1.807) is 14.2 Å². The van der Waals surface area contributed by atoms with E-state index in [4.69, 9.17) is 28.0 Å². The first-order valence-electron chi connectivity index (χ1n) is 9.45. The van der Waals surface area contributed by atoms with Crippen molar-refractivity contribution in [3.05, 3.63) is 0 Å². The molecule has 12 heteroatoms. The van der Waals surface area contributed by atoms with E-state index in [9.17, 15) is 4.57 Å². The molecule has 2 aliphatic rings. The highest BCUT2D eigenvalue weighted by Crippen LogP contribution is 2.46. The molecule has 156 valence electrons. The molecule has 0 spiro atoms. The highest BCUT2D eigenvalue weighted by atomic mass is 31.2. The maximum atomic E-state index is 13.2. The van der Waals surface area contributed by atoms with Crippen LogP contribution in [0.25, 0.3) is 0 Å². The van der Waals surface area contributed by atoms with Gasteiger partial charge in [-0.15, -0.1) is 0 Å². The minimum Gasteiger partial charge on any atom is -0.380 e. The Morgan fingerprint density at radius 1 is 1.00 bits per heavy atom. The number of nitrogens with one attached hydrogen (secondary N) is 2. The molecule has 0 aromatic rings. The van der Waals surface area contributed by atoms with Crippen molar-refractivity contribution >= 4 is 23.4 Å². The minimum atomic E-state index is -3.57. The fourth-order valence-electron chi connectivity index (χ4n) is 4.06. The van der Waals surface area contributed by atoms with Crippen molar-refractivity contribution in [3.63, 3.8) is 0 Å². The van der Waals surface area contributed by atoms with Gasteiger partial charge in [0.2, 0.25) is 0 Å². The molecule has 0 radical (unpaired) electrons. The maximum absolute atomic E-state index is 13.2. The van der Waals surface area contributed by atoms with E-state index >= 15 is 0 Å². The van der Waals surface area contributed by atoms with Crippen LogP contribution in [0.15, 0.2) is 0 Å². The molecule has 0 bridgehead atoms. The molecule has 2 rings (SSSR count). The lowest BCUT2D eigenvalue weighted by Crippen LogP contribution is -2.46. The molecule has 0 saturated carbocycles. The van der Waals surface area contributed by atoms with Crippen LogP contribution in [0.5, 0.6) is 0 Å². The van der Waals surface area contributed by atoms with Crippen LogP contribution >= 0.6 is 7.75 Å². The fourth-order valence-corrected chi connectivity index (χ4v) is 5.36. The molecule has 2 saturated heterocycles. The Morgan fingerprint density at radius 2 is 1.56 bits per heavy atom. The number of likely N-dealkylation sites (N-methyl/N-ethyl adjacent to an activating group) is 1. The quantitative estimate of drug-likeness (QED) is 0.331. The molecular weight excluding hydrogens is 373 g/mol. The number of methoxy groups -OCH3 is 2. The molecule has 0 aromatic carbocycles. The normalized spacial score (nSPS) is 41.7. The van der Waals surface area contributed by atoms with Crippen LogP contribution in [-0.4, -0.2) is 99.2 Å². The summed E-state index contributed by atoms with van der Waals surface area (Å²) in [6, 6.07) is -0.573. The summed E-state index contributed by atoms with van der Waals surface area (Å²) in [5.74, 6) is 0. The van der Waals surface area contributed by atoms with Crippen LogP contribution in [0, 0.1) is 0 Å².